The summed E-state index contributed by atoms with van der Waals surface area (Å²) in [5, 5.41) is 10.4. The van der Waals surface area contributed by atoms with Crippen LogP contribution in [-0.2, 0) is 20.2 Å². The van der Waals surface area contributed by atoms with Crippen molar-refractivity contribution in [3.05, 3.63) is 204 Å². The molecule has 62 heavy (non-hydrogen) atoms. The fraction of sp³-hybridized carbons (Fsp3) is 0. The molecule has 16 heteroatoms. The number of hydrogen-bond acceptors (Lipinski definition) is 10. The first-order valence-corrected chi connectivity index (χ1v) is 21.4. The molecule has 310 valence electrons. The average Bonchev–Trinajstić information content (AvgIpc) is 3.27. The maximum absolute atomic E-state index is 13.6. The number of amides is 4. The predicted molar refractivity (Wildman–Crippen MR) is 233 cm³/mol. The Morgan fingerprint density at radius 1 is 0.339 bits per heavy atom. The lowest BCUT2D eigenvalue weighted by molar-refractivity contribution is 0.103. The van der Waals surface area contributed by atoms with E-state index in [0.717, 1.165) is 12.1 Å². The van der Waals surface area contributed by atoms with Gasteiger partial charge in [-0.2, -0.15) is 16.8 Å². The van der Waals surface area contributed by atoms with Crippen LogP contribution in [0.1, 0.15) is 31.8 Å². The molecule has 0 aliphatic carbocycles. The summed E-state index contributed by atoms with van der Waals surface area (Å²) in [5.41, 5.74) is 2.95. The van der Waals surface area contributed by atoms with E-state index < -0.39 is 42.1 Å². The molecule has 0 heterocycles. The minimum Gasteiger partial charge on any atom is -0.379 e. The number of carbonyl (C=O) groups is 4. The summed E-state index contributed by atoms with van der Waals surface area (Å²) in [6.07, 6.45) is 0. The Labute approximate surface area is 356 Å². The second-order valence-electron chi connectivity index (χ2n) is 13.3. The van der Waals surface area contributed by atoms with Crippen LogP contribution in [0.25, 0.3) is 0 Å². The molecule has 14 nitrogen and oxygen atoms in total. The first-order valence-electron chi connectivity index (χ1n) is 18.6. The zero-order valence-electron chi connectivity index (χ0n) is 32.2. The van der Waals surface area contributed by atoms with Crippen molar-refractivity contribution in [3.8, 4) is 11.5 Å². The Balaban J connectivity index is 0.967. The van der Waals surface area contributed by atoms with Crippen LogP contribution in [0.4, 0.5) is 32.3 Å². The van der Waals surface area contributed by atoms with Gasteiger partial charge in [0.25, 0.3) is 0 Å². The molecule has 0 aromatic heterocycles. The van der Waals surface area contributed by atoms with Crippen LogP contribution in [-0.4, -0.2) is 40.5 Å². The number of rotatable bonds is 14. The quantitative estimate of drug-likeness (QED) is 0.0604. The Hall–Kier alpha value is -8.08. The van der Waals surface area contributed by atoms with Crippen molar-refractivity contribution < 1.29 is 44.4 Å². The molecular weight excluding hydrogens is 833 g/mol. The smallest absolute Gasteiger partial charge is 0.340 e. The van der Waals surface area contributed by atoms with Crippen molar-refractivity contribution in [2.45, 2.75) is 9.79 Å². The van der Waals surface area contributed by atoms with Gasteiger partial charge >= 0.3 is 32.3 Å². The lowest BCUT2D eigenvalue weighted by Gasteiger charge is -2.14. The van der Waals surface area contributed by atoms with Crippen molar-refractivity contribution in [2.75, 3.05) is 21.3 Å². The predicted octanol–water partition coefficient (Wildman–Crippen LogP) is 8.97. The second-order valence-corrected chi connectivity index (χ2v) is 16.3. The average molecular weight is 867 g/mol. The molecule has 0 unspecified atom stereocenters. The lowest BCUT2D eigenvalue weighted by atomic mass is 10.0. The van der Waals surface area contributed by atoms with Crippen molar-refractivity contribution in [2.24, 2.45) is 0 Å². The Morgan fingerprint density at radius 2 is 0.661 bits per heavy atom. The lowest BCUT2D eigenvalue weighted by Crippen LogP contribution is -2.20. The minimum absolute atomic E-state index is 0.144. The number of benzene rings is 7. The topological polar surface area (TPSA) is 203 Å². The zero-order valence-corrected chi connectivity index (χ0v) is 33.9. The van der Waals surface area contributed by atoms with Crippen molar-refractivity contribution in [1.29, 1.82) is 0 Å². The Kier molecular flexibility index (Phi) is 12.5. The first-order chi connectivity index (χ1) is 29.8. The fourth-order valence-electron chi connectivity index (χ4n) is 5.97. The van der Waals surface area contributed by atoms with E-state index in [-0.39, 0.29) is 34.4 Å². The number of nitrogens with one attached hydrogen (secondary N) is 4. The van der Waals surface area contributed by atoms with Crippen LogP contribution in [0.2, 0.25) is 0 Å². The van der Waals surface area contributed by atoms with Gasteiger partial charge in [0.2, 0.25) is 0 Å². The van der Waals surface area contributed by atoms with Gasteiger partial charge in [-0.15, -0.1) is 0 Å². The highest BCUT2D eigenvalue weighted by atomic mass is 32.2. The molecule has 4 N–H and O–H groups in total. The largest absolute Gasteiger partial charge is 0.379 e. The van der Waals surface area contributed by atoms with Gasteiger partial charge in [-0.1, -0.05) is 84.9 Å². The molecule has 0 saturated carbocycles. The molecule has 7 aromatic rings. The van der Waals surface area contributed by atoms with Crippen LogP contribution in [0, 0.1) is 0 Å². The molecule has 0 aliphatic heterocycles. The van der Waals surface area contributed by atoms with Gasteiger partial charge in [-0.25, -0.2) is 9.59 Å². The summed E-state index contributed by atoms with van der Waals surface area (Å²) in [5.74, 6) is -0.841. The number of anilines is 4. The maximum atomic E-state index is 13.6. The Bertz CT molecular complexity index is 2800. The molecule has 7 rings (SSSR count). The maximum Gasteiger partial charge on any atom is 0.340 e. The van der Waals surface area contributed by atoms with E-state index in [2.05, 4.69) is 21.3 Å². The molecule has 0 atom stereocenters. The van der Waals surface area contributed by atoms with Gasteiger partial charge in [0.1, 0.15) is 21.3 Å². The van der Waals surface area contributed by atoms with Gasteiger partial charge in [0.15, 0.2) is 11.6 Å². The molecule has 0 aliphatic rings. The van der Waals surface area contributed by atoms with Crippen LogP contribution in [0.15, 0.2) is 192 Å². The third-order valence-corrected chi connectivity index (χ3v) is 11.6. The molecule has 0 radical (unpaired) electrons. The highest BCUT2D eigenvalue weighted by Crippen LogP contribution is 2.29. The van der Waals surface area contributed by atoms with E-state index in [1.807, 2.05) is 12.1 Å². The SMILES string of the molecule is O=C(Nc1ccc(C(=O)c2ccccc2)cc1)Nc1cccc(OS(=O)(=O)c2ccccc2S(=O)(=O)Oc2cccc(NC(=O)Nc3ccc(C(=O)c4ccccc4)cc3)c2)c1. The summed E-state index contributed by atoms with van der Waals surface area (Å²) < 4.78 is 64.9. The van der Waals surface area contributed by atoms with E-state index in [1.165, 1.54) is 60.7 Å². The van der Waals surface area contributed by atoms with Gasteiger partial charge in [-0.3, -0.25) is 9.59 Å². The molecule has 0 saturated heterocycles. The Morgan fingerprint density at radius 3 is 1.03 bits per heavy atom. The molecule has 0 fully saturated rings. The van der Waals surface area contributed by atoms with E-state index in [1.54, 1.807) is 97.1 Å². The fourth-order valence-corrected chi connectivity index (χ4v) is 8.59. The number of ketones is 2. The molecule has 0 spiro atoms. The van der Waals surface area contributed by atoms with Crippen molar-refractivity contribution in [3.63, 3.8) is 0 Å². The highest BCUT2D eigenvalue weighted by Gasteiger charge is 2.30. The van der Waals surface area contributed by atoms with Gasteiger partial charge in [0, 0.05) is 57.1 Å². The van der Waals surface area contributed by atoms with Gasteiger partial charge in [-0.05, 0) is 84.9 Å². The summed E-state index contributed by atoms with van der Waals surface area (Å²) in [4.78, 5) is 49.5. The summed E-state index contributed by atoms with van der Waals surface area (Å²) in [6.45, 7) is 0. The number of urea groups is 2. The van der Waals surface area contributed by atoms with E-state index >= 15 is 0 Å². The third kappa shape index (κ3) is 10.6. The normalized spacial score (nSPS) is 11.1. The molecule has 4 amide bonds. The molecular formula is C46H34N4O10S2. The highest BCUT2D eigenvalue weighted by molar-refractivity contribution is 7.90. The van der Waals surface area contributed by atoms with Crippen molar-refractivity contribution >= 4 is 66.6 Å². The second kappa shape index (κ2) is 18.5. The monoisotopic (exact) mass is 866 g/mol. The standard InChI is InChI=1S/C46H34N4O10S2/c51-43(31-11-3-1-4-12-31)33-21-25-35(26-22-33)47-45(53)49-37-15-9-17-39(29-37)59-61(55,56)41-19-7-8-20-42(41)62(57,58)60-40-18-10-16-38(30-40)50-46(54)48-36-27-23-34(24-28-36)44(52)32-13-5-2-6-14-32/h1-30H,(H2,47,49,53)(H2,48,50,54). The molecule has 7 aromatic carbocycles. The minimum atomic E-state index is -4.82. The van der Waals surface area contributed by atoms with E-state index in [4.69, 9.17) is 8.37 Å². The number of carbonyl (C=O) groups excluding carboxylic acids is 4. The summed E-state index contributed by atoms with van der Waals surface area (Å²) in [7, 11) is -9.64. The van der Waals surface area contributed by atoms with Gasteiger partial charge in [0.05, 0.1) is 0 Å². The van der Waals surface area contributed by atoms with Crippen LogP contribution in [0.3, 0.4) is 0 Å². The summed E-state index contributed by atoms with van der Waals surface area (Å²) in [6, 6.07) is 44.2. The third-order valence-electron chi connectivity index (χ3n) is 8.87. The van der Waals surface area contributed by atoms with Crippen LogP contribution >= 0.6 is 0 Å². The van der Waals surface area contributed by atoms with Crippen LogP contribution < -0.4 is 29.6 Å². The van der Waals surface area contributed by atoms with Crippen LogP contribution in [0.5, 0.6) is 11.5 Å². The van der Waals surface area contributed by atoms with E-state index in [0.29, 0.717) is 33.6 Å². The number of hydrogen-bond donors (Lipinski definition) is 4. The summed E-state index contributed by atoms with van der Waals surface area (Å²) >= 11 is 0. The first kappa shape index (κ1) is 42.1. The molecule has 0 bridgehead atoms. The van der Waals surface area contributed by atoms with Crippen molar-refractivity contribution in [1.82, 2.24) is 0 Å². The zero-order chi connectivity index (χ0) is 43.7. The van der Waals surface area contributed by atoms with Gasteiger partial charge < -0.3 is 29.6 Å². The van der Waals surface area contributed by atoms with E-state index in [9.17, 15) is 36.0 Å².